The van der Waals surface area contributed by atoms with Gasteiger partial charge in [-0.25, -0.2) is 4.99 Å². The van der Waals surface area contributed by atoms with Crippen LogP contribution in [-0.2, 0) is 0 Å². The third-order valence-electron chi connectivity index (χ3n) is 3.57. The van der Waals surface area contributed by atoms with Crippen molar-refractivity contribution in [2.45, 2.75) is 45.7 Å². The second-order valence-corrected chi connectivity index (χ2v) is 6.35. The molecule has 4 N–H and O–H groups in total. The minimum Gasteiger partial charge on any atom is -0.492 e. The van der Waals surface area contributed by atoms with E-state index in [2.05, 4.69) is 16.9 Å². The predicted octanol–water partition coefficient (Wildman–Crippen LogP) is 3.52. The number of ether oxygens (including phenoxy) is 1. The van der Waals surface area contributed by atoms with Crippen LogP contribution >= 0.6 is 24.0 Å². The highest BCUT2D eigenvalue weighted by molar-refractivity contribution is 6.32. The van der Waals surface area contributed by atoms with Crippen molar-refractivity contribution in [1.82, 2.24) is 0 Å². The van der Waals surface area contributed by atoms with E-state index in [-0.39, 0.29) is 24.3 Å². The summed E-state index contributed by atoms with van der Waals surface area (Å²) in [6.07, 6.45) is 3.31. The fraction of sp³-hybridized carbons (Fsp3) is 0.500. The molecule has 0 spiro atoms. The maximum absolute atomic E-state index is 6.34. The molecule has 0 saturated heterocycles. The first-order valence-electron chi connectivity index (χ1n) is 7.77. The lowest BCUT2D eigenvalue weighted by atomic mass is 10.1. The van der Waals surface area contributed by atoms with E-state index < -0.39 is 5.66 Å². The van der Waals surface area contributed by atoms with Crippen molar-refractivity contribution in [2.75, 3.05) is 11.5 Å². The fourth-order valence-electron chi connectivity index (χ4n) is 2.53. The van der Waals surface area contributed by atoms with Gasteiger partial charge in [0.2, 0.25) is 11.9 Å². The molecule has 1 aliphatic rings. The molecule has 2 rings (SSSR count). The van der Waals surface area contributed by atoms with Crippen LogP contribution in [0.2, 0.25) is 5.02 Å². The fourth-order valence-corrected chi connectivity index (χ4v) is 2.76. The summed E-state index contributed by atoms with van der Waals surface area (Å²) in [5.41, 5.74) is 11.9. The van der Waals surface area contributed by atoms with Crippen LogP contribution in [0.1, 0.15) is 40.0 Å². The summed E-state index contributed by atoms with van der Waals surface area (Å²) in [6.45, 7) is 6.63. The average Bonchev–Trinajstić information content (AvgIpc) is 2.43. The Morgan fingerprint density at radius 2 is 1.96 bits per heavy atom. The van der Waals surface area contributed by atoms with Crippen LogP contribution in [0, 0.1) is 0 Å². The Morgan fingerprint density at radius 1 is 1.25 bits per heavy atom. The summed E-state index contributed by atoms with van der Waals surface area (Å²) in [4.78, 5) is 10.1. The monoisotopic (exact) mass is 373 g/mol. The molecular formula is C16H25Cl2N5O. The van der Waals surface area contributed by atoms with E-state index >= 15 is 0 Å². The van der Waals surface area contributed by atoms with Gasteiger partial charge in [-0.15, -0.1) is 12.4 Å². The molecule has 0 saturated carbocycles. The summed E-state index contributed by atoms with van der Waals surface area (Å²) in [5.74, 6) is 1.13. The van der Waals surface area contributed by atoms with Crippen molar-refractivity contribution in [2.24, 2.45) is 21.5 Å². The molecule has 0 aliphatic carbocycles. The summed E-state index contributed by atoms with van der Waals surface area (Å²) in [5, 5.41) is 0.533. The van der Waals surface area contributed by atoms with E-state index in [1.54, 1.807) is 11.0 Å². The highest BCUT2D eigenvalue weighted by Crippen LogP contribution is 2.33. The van der Waals surface area contributed by atoms with Crippen molar-refractivity contribution >= 4 is 41.6 Å². The van der Waals surface area contributed by atoms with Gasteiger partial charge in [-0.1, -0.05) is 31.4 Å². The van der Waals surface area contributed by atoms with E-state index in [9.17, 15) is 0 Å². The first-order chi connectivity index (χ1) is 10.8. The Hall–Kier alpha value is -1.66. The molecule has 24 heavy (non-hydrogen) atoms. The number of guanidine groups is 2. The SMILES string of the molecule is CCCCCOc1ccc(N2C(N)=NC(N)=NC2(C)C)cc1Cl.Cl. The molecule has 0 fully saturated rings. The number of nitrogens with two attached hydrogens (primary N) is 2. The van der Waals surface area contributed by atoms with Gasteiger partial charge in [0.25, 0.3) is 0 Å². The van der Waals surface area contributed by atoms with Crippen LogP contribution < -0.4 is 21.1 Å². The lowest BCUT2D eigenvalue weighted by Crippen LogP contribution is -2.54. The minimum absolute atomic E-state index is 0. The molecule has 0 atom stereocenters. The predicted molar refractivity (Wildman–Crippen MR) is 104 cm³/mol. The second-order valence-electron chi connectivity index (χ2n) is 5.94. The molecule has 1 heterocycles. The normalized spacial score (nSPS) is 16.1. The number of anilines is 1. The average molecular weight is 374 g/mol. The van der Waals surface area contributed by atoms with E-state index in [0.717, 1.165) is 24.9 Å². The Morgan fingerprint density at radius 3 is 2.54 bits per heavy atom. The zero-order chi connectivity index (χ0) is 17.0. The van der Waals surface area contributed by atoms with Gasteiger partial charge in [0.1, 0.15) is 11.4 Å². The number of hydrogen-bond acceptors (Lipinski definition) is 6. The Bertz CT molecular complexity index is 631. The highest BCUT2D eigenvalue weighted by Gasteiger charge is 2.33. The molecule has 0 unspecified atom stereocenters. The van der Waals surface area contributed by atoms with Crippen molar-refractivity contribution < 1.29 is 4.74 Å². The first kappa shape index (κ1) is 20.4. The van der Waals surface area contributed by atoms with Gasteiger partial charge >= 0.3 is 0 Å². The van der Waals surface area contributed by atoms with Gasteiger partial charge in [-0.2, -0.15) is 4.99 Å². The molecular weight excluding hydrogens is 349 g/mol. The van der Waals surface area contributed by atoms with E-state index in [1.165, 1.54) is 0 Å². The maximum Gasteiger partial charge on any atom is 0.220 e. The summed E-state index contributed by atoms with van der Waals surface area (Å²) < 4.78 is 5.72. The summed E-state index contributed by atoms with van der Waals surface area (Å²) in [6, 6.07) is 5.54. The van der Waals surface area contributed by atoms with Crippen LogP contribution in [-0.4, -0.2) is 24.2 Å². The standard InChI is InChI=1S/C16H24ClN5O.ClH/c1-4-5-6-9-23-13-8-7-11(10-12(13)17)22-15(19)20-14(18)21-16(22,2)3;/h7-8,10H,4-6,9H2,1-3H3,(H4,18,19,20,21);1H. The number of aliphatic imine (C=N–C) groups is 2. The number of benzene rings is 1. The van der Waals surface area contributed by atoms with Crippen LogP contribution in [0.5, 0.6) is 5.75 Å². The zero-order valence-corrected chi connectivity index (χ0v) is 15.8. The van der Waals surface area contributed by atoms with E-state index in [1.807, 2.05) is 26.0 Å². The van der Waals surface area contributed by atoms with Crippen LogP contribution in [0.15, 0.2) is 28.2 Å². The lowest BCUT2D eigenvalue weighted by Gasteiger charge is -2.38. The van der Waals surface area contributed by atoms with E-state index in [0.29, 0.717) is 17.4 Å². The molecule has 0 radical (unpaired) electrons. The van der Waals surface area contributed by atoms with Crippen LogP contribution in [0.25, 0.3) is 0 Å². The Kier molecular flexibility index (Phi) is 7.17. The molecule has 1 aromatic carbocycles. The molecule has 8 heteroatoms. The highest BCUT2D eigenvalue weighted by atomic mass is 35.5. The number of rotatable bonds is 6. The molecule has 1 aliphatic heterocycles. The van der Waals surface area contributed by atoms with Gasteiger partial charge < -0.3 is 16.2 Å². The maximum atomic E-state index is 6.34. The van der Waals surface area contributed by atoms with Crippen molar-refractivity contribution in [3.05, 3.63) is 23.2 Å². The van der Waals surface area contributed by atoms with Crippen LogP contribution in [0.3, 0.4) is 0 Å². The lowest BCUT2D eigenvalue weighted by molar-refractivity contribution is 0.306. The van der Waals surface area contributed by atoms with Crippen molar-refractivity contribution in [1.29, 1.82) is 0 Å². The van der Waals surface area contributed by atoms with E-state index in [4.69, 9.17) is 27.8 Å². The number of unbranched alkanes of at least 4 members (excludes halogenated alkanes) is 2. The molecule has 0 bridgehead atoms. The van der Waals surface area contributed by atoms with Gasteiger partial charge in [-0.05, 0) is 38.5 Å². The van der Waals surface area contributed by atoms with Crippen LogP contribution in [0.4, 0.5) is 5.69 Å². The van der Waals surface area contributed by atoms with Gasteiger partial charge in [0.15, 0.2) is 0 Å². The minimum atomic E-state index is -0.636. The quantitative estimate of drug-likeness (QED) is 0.746. The largest absolute Gasteiger partial charge is 0.492 e. The van der Waals surface area contributed by atoms with Crippen molar-refractivity contribution in [3.63, 3.8) is 0 Å². The zero-order valence-electron chi connectivity index (χ0n) is 14.3. The van der Waals surface area contributed by atoms with Gasteiger partial charge in [0, 0.05) is 5.69 Å². The number of nitrogens with zero attached hydrogens (tertiary/aromatic N) is 3. The number of halogens is 2. The first-order valence-corrected chi connectivity index (χ1v) is 8.15. The molecule has 1 aromatic rings. The Labute approximate surface area is 154 Å². The topological polar surface area (TPSA) is 89.2 Å². The molecule has 0 amide bonds. The smallest absolute Gasteiger partial charge is 0.220 e. The molecule has 0 aromatic heterocycles. The summed E-state index contributed by atoms with van der Waals surface area (Å²) >= 11 is 6.34. The molecule has 134 valence electrons. The van der Waals surface area contributed by atoms with Gasteiger partial charge in [-0.3, -0.25) is 4.90 Å². The molecule has 6 nitrogen and oxygen atoms in total. The van der Waals surface area contributed by atoms with Gasteiger partial charge in [0.05, 0.1) is 11.6 Å². The number of hydrogen-bond donors (Lipinski definition) is 2. The third-order valence-corrected chi connectivity index (χ3v) is 3.87. The second kappa shape index (κ2) is 8.44. The summed E-state index contributed by atoms with van der Waals surface area (Å²) in [7, 11) is 0. The third kappa shape index (κ3) is 4.68. The van der Waals surface area contributed by atoms with Crippen molar-refractivity contribution in [3.8, 4) is 5.75 Å². The Balaban J connectivity index is 0.00000288.